The first-order valence-electron chi connectivity index (χ1n) is 10.8. The van der Waals surface area contributed by atoms with Gasteiger partial charge in [-0.3, -0.25) is 14.5 Å². The number of piperazine rings is 1. The molecule has 0 radical (unpaired) electrons. The number of urea groups is 1. The largest absolute Gasteiger partial charge is 0.338 e. The summed E-state index contributed by atoms with van der Waals surface area (Å²) in [5.74, 6) is -1.64. The van der Waals surface area contributed by atoms with Crippen LogP contribution < -0.4 is 5.32 Å². The quantitative estimate of drug-likeness (QED) is 0.641. The van der Waals surface area contributed by atoms with Gasteiger partial charge in [-0.05, 0) is 37.6 Å². The smallest absolute Gasteiger partial charge is 0.325 e. The Bertz CT molecular complexity index is 1240. The Kier molecular flexibility index (Phi) is 6.17. The van der Waals surface area contributed by atoms with Crippen LogP contribution in [0.4, 0.5) is 9.18 Å². The van der Waals surface area contributed by atoms with Gasteiger partial charge in [-0.2, -0.15) is 4.31 Å². The van der Waals surface area contributed by atoms with Crippen LogP contribution in [0.15, 0.2) is 53.4 Å². The molecule has 4 amide bonds. The molecule has 2 fully saturated rings. The summed E-state index contributed by atoms with van der Waals surface area (Å²) in [6.07, 6.45) is 0. The van der Waals surface area contributed by atoms with Crippen LogP contribution >= 0.6 is 0 Å². The summed E-state index contributed by atoms with van der Waals surface area (Å²) in [5.41, 5.74) is 0.347. The number of rotatable bonds is 5. The lowest BCUT2D eigenvalue weighted by Gasteiger charge is -2.34. The Morgan fingerprint density at radius 2 is 1.71 bits per heavy atom. The molecule has 2 aromatic rings. The third-order valence-corrected chi connectivity index (χ3v) is 8.12. The molecule has 1 N–H and O–H groups in total. The minimum atomic E-state index is -3.90. The standard InChI is InChI=1S/C23H25FN4O5S/c1-16-6-8-17(9-7-16)23(2)21(30)28(22(31)25-23)15-20(29)26-10-12-27(13-11-26)34(32,33)19-5-3-4-18(24)14-19/h3-9,14H,10-13,15H2,1-2H3,(H,25,31)/t23-/m0/s1. The number of benzene rings is 2. The van der Waals surface area contributed by atoms with Gasteiger partial charge >= 0.3 is 6.03 Å². The maximum absolute atomic E-state index is 13.5. The van der Waals surface area contributed by atoms with Gasteiger partial charge in [0, 0.05) is 26.2 Å². The molecule has 180 valence electrons. The average molecular weight is 489 g/mol. The minimum Gasteiger partial charge on any atom is -0.338 e. The lowest BCUT2D eigenvalue weighted by atomic mass is 9.91. The maximum atomic E-state index is 13.5. The second-order valence-electron chi connectivity index (χ2n) is 8.55. The maximum Gasteiger partial charge on any atom is 0.325 e. The zero-order chi connectivity index (χ0) is 24.7. The van der Waals surface area contributed by atoms with Gasteiger partial charge in [0.15, 0.2) is 0 Å². The molecule has 0 saturated carbocycles. The van der Waals surface area contributed by atoms with Crippen molar-refractivity contribution in [3.05, 3.63) is 65.5 Å². The molecular weight excluding hydrogens is 463 g/mol. The van der Waals surface area contributed by atoms with Gasteiger partial charge in [0.25, 0.3) is 5.91 Å². The molecule has 2 aromatic carbocycles. The van der Waals surface area contributed by atoms with Crippen LogP contribution in [0.5, 0.6) is 0 Å². The molecule has 2 aliphatic heterocycles. The number of aryl methyl sites for hydroxylation is 1. The predicted molar refractivity (Wildman–Crippen MR) is 121 cm³/mol. The van der Waals surface area contributed by atoms with E-state index in [4.69, 9.17) is 0 Å². The summed E-state index contributed by atoms with van der Waals surface area (Å²) in [6, 6.07) is 11.3. The second-order valence-corrected chi connectivity index (χ2v) is 10.5. The Morgan fingerprint density at radius 3 is 2.32 bits per heavy atom. The molecule has 9 nitrogen and oxygen atoms in total. The van der Waals surface area contributed by atoms with E-state index >= 15 is 0 Å². The molecule has 2 aliphatic rings. The van der Waals surface area contributed by atoms with E-state index in [1.807, 2.05) is 19.1 Å². The third kappa shape index (κ3) is 4.28. The van der Waals surface area contributed by atoms with Crippen molar-refractivity contribution < 1.29 is 27.2 Å². The average Bonchev–Trinajstić information content (AvgIpc) is 3.03. The van der Waals surface area contributed by atoms with Crippen molar-refractivity contribution >= 4 is 27.9 Å². The first-order valence-corrected chi connectivity index (χ1v) is 12.2. The van der Waals surface area contributed by atoms with E-state index in [1.165, 1.54) is 21.3 Å². The van der Waals surface area contributed by atoms with Crippen LogP contribution in [0.2, 0.25) is 0 Å². The molecule has 0 aromatic heterocycles. The first kappa shape index (κ1) is 23.8. The van der Waals surface area contributed by atoms with Gasteiger partial charge in [-0.1, -0.05) is 35.9 Å². The fourth-order valence-electron chi connectivity index (χ4n) is 4.11. The number of nitrogens with one attached hydrogen (secondary N) is 1. The van der Waals surface area contributed by atoms with Crippen LogP contribution in [0.1, 0.15) is 18.1 Å². The van der Waals surface area contributed by atoms with Gasteiger partial charge < -0.3 is 10.2 Å². The number of hydrogen-bond donors (Lipinski definition) is 1. The third-order valence-electron chi connectivity index (χ3n) is 6.22. The summed E-state index contributed by atoms with van der Waals surface area (Å²) in [6.45, 7) is 3.28. The number of halogens is 1. The number of imide groups is 1. The van der Waals surface area contributed by atoms with E-state index < -0.39 is 45.8 Å². The zero-order valence-electron chi connectivity index (χ0n) is 18.8. The molecule has 0 aliphatic carbocycles. The topological polar surface area (TPSA) is 107 Å². The molecule has 0 bridgehead atoms. The predicted octanol–water partition coefficient (Wildman–Crippen LogP) is 1.43. The molecule has 2 saturated heterocycles. The van der Waals surface area contributed by atoms with Crippen LogP contribution in [-0.4, -0.2) is 73.1 Å². The van der Waals surface area contributed by atoms with Gasteiger partial charge in [-0.15, -0.1) is 0 Å². The monoisotopic (exact) mass is 488 g/mol. The van der Waals surface area contributed by atoms with E-state index in [-0.39, 0.29) is 31.1 Å². The van der Waals surface area contributed by atoms with E-state index in [2.05, 4.69) is 5.32 Å². The van der Waals surface area contributed by atoms with Crippen molar-refractivity contribution in [2.45, 2.75) is 24.3 Å². The van der Waals surface area contributed by atoms with E-state index in [0.29, 0.717) is 5.56 Å². The van der Waals surface area contributed by atoms with Crippen LogP contribution in [-0.2, 0) is 25.2 Å². The van der Waals surface area contributed by atoms with E-state index in [0.717, 1.165) is 22.6 Å². The molecule has 0 spiro atoms. The fourth-order valence-corrected chi connectivity index (χ4v) is 5.57. The molecule has 34 heavy (non-hydrogen) atoms. The SMILES string of the molecule is Cc1ccc([C@]2(C)NC(=O)N(CC(=O)N3CCN(S(=O)(=O)c4cccc(F)c4)CC3)C2=O)cc1. The molecule has 11 heteroatoms. The van der Waals surface area contributed by atoms with Crippen molar-refractivity contribution in [2.75, 3.05) is 32.7 Å². The lowest BCUT2D eigenvalue weighted by molar-refractivity contribution is -0.139. The highest BCUT2D eigenvalue weighted by Crippen LogP contribution is 2.29. The number of nitrogens with zero attached hydrogens (tertiary/aromatic N) is 3. The van der Waals surface area contributed by atoms with Gasteiger partial charge in [-0.25, -0.2) is 17.6 Å². The summed E-state index contributed by atoms with van der Waals surface area (Å²) in [7, 11) is -3.90. The lowest BCUT2D eigenvalue weighted by Crippen LogP contribution is -2.53. The van der Waals surface area contributed by atoms with E-state index in [1.54, 1.807) is 19.1 Å². The highest BCUT2D eigenvalue weighted by molar-refractivity contribution is 7.89. The summed E-state index contributed by atoms with van der Waals surface area (Å²) in [4.78, 5) is 40.6. The van der Waals surface area contributed by atoms with Gasteiger partial charge in [0.1, 0.15) is 17.9 Å². The Balaban J connectivity index is 1.40. The van der Waals surface area contributed by atoms with Crippen LogP contribution in [0, 0.1) is 12.7 Å². The van der Waals surface area contributed by atoms with Gasteiger partial charge in [0.05, 0.1) is 4.90 Å². The Morgan fingerprint density at radius 1 is 1.06 bits per heavy atom. The van der Waals surface area contributed by atoms with Crippen LogP contribution in [0.25, 0.3) is 0 Å². The Labute approximate surface area is 197 Å². The fraction of sp³-hybridized carbons (Fsp3) is 0.348. The zero-order valence-corrected chi connectivity index (χ0v) is 19.6. The number of carbonyl (C=O) groups excluding carboxylic acids is 3. The van der Waals surface area contributed by atoms with E-state index in [9.17, 15) is 27.2 Å². The summed E-state index contributed by atoms with van der Waals surface area (Å²) >= 11 is 0. The normalized spacial score (nSPS) is 21.6. The first-order chi connectivity index (χ1) is 16.0. The van der Waals surface area contributed by atoms with Crippen molar-refractivity contribution in [2.24, 2.45) is 0 Å². The highest BCUT2D eigenvalue weighted by Gasteiger charge is 2.49. The number of hydrogen-bond acceptors (Lipinski definition) is 5. The summed E-state index contributed by atoms with van der Waals surface area (Å²) < 4.78 is 40.2. The van der Waals surface area contributed by atoms with Crippen molar-refractivity contribution in [3.8, 4) is 0 Å². The summed E-state index contributed by atoms with van der Waals surface area (Å²) in [5, 5.41) is 2.67. The number of carbonyl (C=O) groups is 3. The minimum absolute atomic E-state index is 0.0197. The molecule has 0 unspecified atom stereocenters. The second kappa shape index (κ2) is 8.80. The molecular formula is C23H25FN4O5S. The van der Waals surface area contributed by atoms with Crippen molar-refractivity contribution in [3.63, 3.8) is 0 Å². The number of amides is 4. The van der Waals surface area contributed by atoms with Crippen molar-refractivity contribution in [1.29, 1.82) is 0 Å². The number of sulfonamides is 1. The molecule has 4 rings (SSSR count). The van der Waals surface area contributed by atoms with Crippen molar-refractivity contribution in [1.82, 2.24) is 19.4 Å². The van der Waals surface area contributed by atoms with Gasteiger partial charge in [0.2, 0.25) is 15.9 Å². The highest BCUT2D eigenvalue weighted by atomic mass is 32.2. The van der Waals surface area contributed by atoms with Crippen LogP contribution in [0.3, 0.4) is 0 Å². The molecule has 1 atom stereocenters. The molecule has 2 heterocycles. The Hall–Kier alpha value is -3.31.